The quantitative estimate of drug-likeness (QED) is 0.653. The summed E-state index contributed by atoms with van der Waals surface area (Å²) >= 11 is 0. The summed E-state index contributed by atoms with van der Waals surface area (Å²) in [5.41, 5.74) is 0. The Kier molecular flexibility index (Phi) is 5.52. The zero-order valence-electron chi connectivity index (χ0n) is 8.78. The topological polar surface area (TPSA) is 30.7 Å². The average molecular weight is 179 g/mol. The Bertz CT molecular complexity index is 284. The highest BCUT2D eigenvalue weighted by Gasteiger charge is 1.96. The van der Waals surface area contributed by atoms with Crippen LogP contribution in [0.3, 0.4) is 0 Å². The van der Waals surface area contributed by atoms with E-state index in [0.29, 0.717) is 0 Å². The van der Waals surface area contributed by atoms with Crippen LogP contribution in [-0.4, -0.2) is 14.8 Å². The molecule has 1 aromatic rings. The van der Waals surface area contributed by atoms with Crippen molar-refractivity contribution in [3.63, 3.8) is 0 Å². The fourth-order valence-corrected chi connectivity index (χ4v) is 0.820. The van der Waals surface area contributed by atoms with Crippen LogP contribution in [0.1, 0.15) is 25.5 Å². The van der Waals surface area contributed by atoms with Crippen LogP contribution < -0.4 is 0 Å². The normalized spacial score (nSPS) is 9.54. The molecule has 3 heteroatoms. The van der Waals surface area contributed by atoms with Crippen LogP contribution in [0.4, 0.5) is 0 Å². The lowest BCUT2D eigenvalue weighted by Crippen LogP contribution is -1.91. The molecule has 0 aliphatic carbocycles. The van der Waals surface area contributed by atoms with Gasteiger partial charge in [0.25, 0.3) is 0 Å². The summed E-state index contributed by atoms with van der Waals surface area (Å²) in [4.78, 5) is 4.13. The molecular formula is C10H17N3. The Balaban J connectivity index is 0.000000671. The number of nitrogens with zero attached hydrogens (tertiary/aromatic N) is 3. The summed E-state index contributed by atoms with van der Waals surface area (Å²) in [6.07, 6.45) is 5.35. The number of allylic oxidation sites excluding steroid dienone is 2. The zero-order valence-corrected chi connectivity index (χ0v) is 8.78. The molecule has 72 valence electrons. The molecule has 0 atom stereocenters. The lowest BCUT2D eigenvalue weighted by Gasteiger charge is -1.89. The molecule has 0 spiro atoms. The molecule has 1 heterocycles. The van der Waals surface area contributed by atoms with Gasteiger partial charge in [0.1, 0.15) is 11.6 Å². The standard InChI is InChI=1S/C8H11N3.C2H6/c1-4-5-6-11-8(3)9-7(2)10-11;1-2/h4-6H,1H2,2-3H3;1-2H3/b6-5-;. The Labute approximate surface area is 79.8 Å². The van der Waals surface area contributed by atoms with Crippen LogP contribution in [0.25, 0.3) is 6.20 Å². The molecule has 1 aromatic heterocycles. The van der Waals surface area contributed by atoms with Gasteiger partial charge in [0, 0.05) is 6.20 Å². The van der Waals surface area contributed by atoms with Crippen LogP contribution in [-0.2, 0) is 0 Å². The first-order valence-corrected chi connectivity index (χ1v) is 4.43. The van der Waals surface area contributed by atoms with E-state index in [1.807, 2.05) is 40.0 Å². The van der Waals surface area contributed by atoms with Gasteiger partial charge in [-0.05, 0) is 19.9 Å². The van der Waals surface area contributed by atoms with Crippen molar-refractivity contribution in [3.8, 4) is 0 Å². The third kappa shape index (κ3) is 3.69. The summed E-state index contributed by atoms with van der Waals surface area (Å²) in [5, 5.41) is 4.12. The largest absolute Gasteiger partial charge is 0.225 e. The van der Waals surface area contributed by atoms with E-state index in [0.717, 1.165) is 11.6 Å². The highest BCUT2D eigenvalue weighted by Crippen LogP contribution is 1.95. The average Bonchev–Trinajstić information content (AvgIpc) is 2.45. The molecule has 0 radical (unpaired) electrons. The van der Waals surface area contributed by atoms with Gasteiger partial charge in [-0.25, -0.2) is 9.67 Å². The smallest absolute Gasteiger partial charge is 0.148 e. The monoisotopic (exact) mass is 179 g/mol. The minimum atomic E-state index is 0.788. The number of aryl methyl sites for hydroxylation is 2. The highest BCUT2D eigenvalue weighted by atomic mass is 15.3. The van der Waals surface area contributed by atoms with E-state index in [9.17, 15) is 0 Å². The Morgan fingerprint density at radius 2 is 1.92 bits per heavy atom. The predicted octanol–water partition coefficient (Wildman–Crippen LogP) is 2.58. The second kappa shape index (κ2) is 6.17. The Morgan fingerprint density at radius 1 is 1.31 bits per heavy atom. The third-order valence-electron chi connectivity index (χ3n) is 1.27. The minimum Gasteiger partial charge on any atom is -0.225 e. The number of rotatable bonds is 2. The first-order valence-electron chi connectivity index (χ1n) is 4.43. The maximum atomic E-state index is 4.13. The zero-order chi connectivity index (χ0) is 10.3. The molecule has 0 aliphatic rings. The lowest BCUT2D eigenvalue weighted by molar-refractivity contribution is 0.879. The maximum absolute atomic E-state index is 4.13. The van der Waals surface area contributed by atoms with E-state index in [1.54, 1.807) is 10.8 Å². The van der Waals surface area contributed by atoms with Gasteiger partial charge < -0.3 is 0 Å². The molecule has 0 aliphatic heterocycles. The molecule has 13 heavy (non-hydrogen) atoms. The second-order valence-corrected chi connectivity index (χ2v) is 2.23. The summed E-state index contributed by atoms with van der Waals surface area (Å²) in [6, 6.07) is 0. The summed E-state index contributed by atoms with van der Waals surface area (Å²) in [6.45, 7) is 11.3. The summed E-state index contributed by atoms with van der Waals surface area (Å²) in [5.74, 6) is 1.68. The fraction of sp³-hybridized carbons (Fsp3) is 0.400. The predicted molar refractivity (Wildman–Crippen MR) is 56.4 cm³/mol. The summed E-state index contributed by atoms with van der Waals surface area (Å²) < 4.78 is 1.72. The minimum absolute atomic E-state index is 0.788. The van der Waals surface area contributed by atoms with Gasteiger partial charge in [-0.1, -0.05) is 26.5 Å². The first-order chi connectivity index (χ1) is 6.24. The molecule has 0 bridgehead atoms. The van der Waals surface area contributed by atoms with E-state index in [1.165, 1.54) is 0 Å². The van der Waals surface area contributed by atoms with Gasteiger partial charge >= 0.3 is 0 Å². The van der Waals surface area contributed by atoms with Crippen LogP contribution in [0.2, 0.25) is 0 Å². The maximum Gasteiger partial charge on any atom is 0.148 e. The SMILES string of the molecule is C=C/C=C\n1nc(C)nc1C.CC. The first kappa shape index (κ1) is 11.6. The van der Waals surface area contributed by atoms with Gasteiger partial charge in [0.2, 0.25) is 0 Å². The van der Waals surface area contributed by atoms with E-state index in [2.05, 4.69) is 16.7 Å². The van der Waals surface area contributed by atoms with E-state index < -0.39 is 0 Å². The van der Waals surface area contributed by atoms with Gasteiger partial charge in [-0.2, -0.15) is 5.10 Å². The van der Waals surface area contributed by atoms with Crippen LogP contribution in [0.5, 0.6) is 0 Å². The molecule has 0 unspecified atom stereocenters. The van der Waals surface area contributed by atoms with Crippen molar-refractivity contribution >= 4 is 6.20 Å². The van der Waals surface area contributed by atoms with Crippen molar-refractivity contribution < 1.29 is 0 Å². The van der Waals surface area contributed by atoms with Crippen LogP contribution >= 0.6 is 0 Å². The molecule has 0 saturated heterocycles. The van der Waals surface area contributed by atoms with Gasteiger partial charge in [0.05, 0.1) is 0 Å². The second-order valence-electron chi connectivity index (χ2n) is 2.23. The van der Waals surface area contributed by atoms with Crippen molar-refractivity contribution in [1.29, 1.82) is 0 Å². The molecular weight excluding hydrogens is 162 g/mol. The Hall–Kier alpha value is -1.38. The van der Waals surface area contributed by atoms with Crippen LogP contribution in [0, 0.1) is 13.8 Å². The van der Waals surface area contributed by atoms with Gasteiger partial charge in [-0.15, -0.1) is 0 Å². The molecule has 0 aromatic carbocycles. The van der Waals surface area contributed by atoms with Crippen LogP contribution in [0.15, 0.2) is 18.7 Å². The number of hydrogen-bond donors (Lipinski definition) is 0. The van der Waals surface area contributed by atoms with Crippen molar-refractivity contribution in [2.45, 2.75) is 27.7 Å². The van der Waals surface area contributed by atoms with E-state index >= 15 is 0 Å². The number of aromatic nitrogens is 3. The van der Waals surface area contributed by atoms with Crippen molar-refractivity contribution in [2.24, 2.45) is 0 Å². The molecule has 1 rings (SSSR count). The molecule has 0 saturated carbocycles. The van der Waals surface area contributed by atoms with Crippen molar-refractivity contribution in [2.75, 3.05) is 0 Å². The molecule has 0 fully saturated rings. The van der Waals surface area contributed by atoms with Gasteiger partial charge in [0.15, 0.2) is 0 Å². The molecule has 3 nitrogen and oxygen atoms in total. The highest BCUT2D eigenvalue weighted by molar-refractivity contribution is 5.26. The lowest BCUT2D eigenvalue weighted by atomic mass is 10.6. The number of hydrogen-bond acceptors (Lipinski definition) is 2. The summed E-state index contributed by atoms with van der Waals surface area (Å²) in [7, 11) is 0. The molecule has 0 N–H and O–H groups in total. The molecule has 0 amide bonds. The van der Waals surface area contributed by atoms with Gasteiger partial charge in [-0.3, -0.25) is 0 Å². The van der Waals surface area contributed by atoms with Crippen molar-refractivity contribution in [1.82, 2.24) is 14.8 Å². The Morgan fingerprint density at radius 3 is 2.31 bits per heavy atom. The third-order valence-corrected chi connectivity index (χ3v) is 1.27. The van der Waals surface area contributed by atoms with E-state index in [4.69, 9.17) is 0 Å². The van der Waals surface area contributed by atoms with E-state index in [-0.39, 0.29) is 0 Å². The fourth-order valence-electron chi connectivity index (χ4n) is 0.820. The van der Waals surface area contributed by atoms with Crippen molar-refractivity contribution in [3.05, 3.63) is 30.4 Å².